The first-order valence-electron chi connectivity index (χ1n) is 16.3. The van der Waals surface area contributed by atoms with Crippen LogP contribution < -0.4 is 5.32 Å². The van der Waals surface area contributed by atoms with E-state index in [-0.39, 0.29) is 23.3 Å². The number of hydrogen-bond donors (Lipinski definition) is 1. The molecule has 3 aliphatic rings. The maximum absolute atomic E-state index is 15.2. The van der Waals surface area contributed by atoms with Crippen LogP contribution in [0.5, 0.6) is 0 Å². The molecular weight excluding hydrogens is 629 g/mol. The zero-order valence-corrected chi connectivity index (χ0v) is 28.3. The largest absolute Gasteiger partial charge is 0.458 e. The average Bonchev–Trinajstić information content (AvgIpc) is 3.47. The Labute approximate surface area is 286 Å². The van der Waals surface area contributed by atoms with Crippen molar-refractivity contribution >= 4 is 41.3 Å². The van der Waals surface area contributed by atoms with Crippen molar-refractivity contribution in [2.24, 2.45) is 5.41 Å². The average molecular weight is 669 g/mol. The van der Waals surface area contributed by atoms with E-state index in [9.17, 15) is 4.79 Å². The van der Waals surface area contributed by atoms with Crippen LogP contribution in [-0.4, -0.2) is 33.8 Å². The van der Waals surface area contributed by atoms with Gasteiger partial charge in [-0.3, -0.25) is 14.5 Å². The molecule has 0 unspecified atom stereocenters. The molecule has 242 valence electrons. The number of anilines is 1. The van der Waals surface area contributed by atoms with Gasteiger partial charge in [-0.25, -0.2) is 4.98 Å². The molecule has 2 spiro atoms. The topological polar surface area (TPSA) is 71.5 Å². The van der Waals surface area contributed by atoms with E-state index in [4.69, 9.17) is 27.9 Å². The minimum Gasteiger partial charge on any atom is -0.458 e. The van der Waals surface area contributed by atoms with Gasteiger partial charge in [-0.1, -0.05) is 104 Å². The van der Waals surface area contributed by atoms with Gasteiger partial charge in [0, 0.05) is 34.4 Å². The van der Waals surface area contributed by atoms with Crippen LogP contribution in [0, 0.1) is 5.41 Å². The third kappa shape index (κ3) is 4.99. The molecule has 3 heterocycles. The number of benzene rings is 3. The SMILES string of the molecule is C[C@H]1[C@H](c2ccnc(Cl)c2)[C@@]2(C(=O)Nc3cc(Cl)ccc32)C2(CCC(C)(C)CC2)N1[C@H](c1ccccc1)[C@@H](OC=O)c1ccccc1. The first-order chi connectivity index (χ1) is 22.6. The van der Waals surface area contributed by atoms with Crippen molar-refractivity contribution in [3.63, 3.8) is 0 Å². The molecule has 1 saturated carbocycles. The highest BCUT2D eigenvalue weighted by Gasteiger charge is 2.75. The third-order valence-electron chi connectivity index (χ3n) is 11.2. The number of fused-ring (bicyclic) bond motifs is 3. The number of carbonyl (C=O) groups is 2. The lowest BCUT2D eigenvalue weighted by atomic mass is 9.53. The maximum Gasteiger partial charge on any atom is 0.293 e. The second-order valence-electron chi connectivity index (χ2n) is 14.1. The summed E-state index contributed by atoms with van der Waals surface area (Å²) in [7, 11) is 0. The van der Waals surface area contributed by atoms with E-state index in [0.29, 0.717) is 16.6 Å². The number of pyridine rings is 1. The van der Waals surface area contributed by atoms with Gasteiger partial charge in [-0.05, 0) is 84.5 Å². The summed E-state index contributed by atoms with van der Waals surface area (Å²) in [6.07, 6.45) is 4.46. The molecule has 2 aliphatic heterocycles. The van der Waals surface area contributed by atoms with E-state index in [1.54, 1.807) is 6.20 Å². The molecule has 1 amide bonds. The number of halogens is 2. The number of ether oxygens (including phenoxy) is 1. The summed E-state index contributed by atoms with van der Waals surface area (Å²) in [5.74, 6) is -0.355. The van der Waals surface area contributed by atoms with Crippen molar-refractivity contribution in [2.75, 3.05) is 5.32 Å². The molecule has 2 fully saturated rings. The molecule has 1 aliphatic carbocycles. The first kappa shape index (κ1) is 31.9. The fraction of sp³-hybridized carbons (Fsp3) is 0.359. The Balaban J connectivity index is 1.57. The Kier molecular flexibility index (Phi) is 8.18. The van der Waals surface area contributed by atoms with Crippen molar-refractivity contribution < 1.29 is 14.3 Å². The van der Waals surface area contributed by atoms with Gasteiger partial charge >= 0.3 is 0 Å². The van der Waals surface area contributed by atoms with Crippen molar-refractivity contribution in [1.82, 2.24) is 9.88 Å². The molecule has 8 heteroatoms. The van der Waals surface area contributed by atoms with E-state index >= 15 is 4.79 Å². The number of hydrogen-bond acceptors (Lipinski definition) is 5. The van der Waals surface area contributed by atoms with Gasteiger partial charge < -0.3 is 10.1 Å². The Hall–Kier alpha value is -3.71. The van der Waals surface area contributed by atoms with Crippen molar-refractivity contribution in [3.8, 4) is 0 Å². The highest BCUT2D eigenvalue weighted by molar-refractivity contribution is 6.31. The van der Waals surface area contributed by atoms with Crippen molar-refractivity contribution in [3.05, 3.63) is 130 Å². The predicted molar refractivity (Wildman–Crippen MR) is 186 cm³/mol. The number of rotatable bonds is 7. The molecule has 1 N–H and O–H groups in total. The Morgan fingerprint density at radius 1 is 0.915 bits per heavy atom. The third-order valence-corrected chi connectivity index (χ3v) is 11.7. The highest BCUT2D eigenvalue weighted by atomic mass is 35.5. The van der Waals surface area contributed by atoms with Crippen LogP contribution in [0.2, 0.25) is 10.2 Å². The lowest BCUT2D eigenvalue weighted by Gasteiger charge is -2.56. The summed E-state index contributed by atoms with van der Waals surface area (Å²) < 4.78 is 6.13. The van der Waals surface area contributed by atoms with Crippen LogP contribution in [-0.2, 0) is 19.7 Å². The normalized spacial score (nSPS) is 25.7. The van der Waals surface area contributed by atoms with Gasteiger partial charge in [0.15, 0.2) is 0 Å². The monoisotopic (exact) mass is 667 g/mol. The Bertz CT molecular complexity index is 1790. The summed E-state index contributed by atoms with van der Waals surface area (Å²) in [4.78, 5) is 34.4. The Morgan fingerprint density at radius 2 is 1.57 bits per heavy atom. The Morgan fingerprint density at radius 3 is 2.21 bits per heavy atom. The number of nitrogens with zero attached hydrogens (tertiary/aromatic N) is 2. The molecule has 0 radical (unpaired) electrons. The van der Waals surface area contributed by atoms with E-state index < -0.39 is 23.1 Å². The zero-order valence-electron chi connectivity index (χ0n) is 26.8. The smallest absolute Gasteiger partial charge is 0.293 e. The first-order valence-corrected chi connectivity index (χ1v) is 17.1. The summed E-state index contributed by atoms with van der Waals surface area (Å²) in [5.41, 5.74) is 2.94. The van der Waals surface area contributed by atoms with E-state index in [2.05, 4.69) is 48.1 Å². The van der Waals surface area contributed by atoms with Gasteiger partial charge in [0.25, 0.3) is 6.47 Å². The van der Waals surface area contributed by atoms with Gasteiger partial charge in [0.2, 0.25) is 5.91 Å². The molecule has 1 saturated heterocycles. The van der Waals surface area contributed by atoms with Crippen LogP contribution >= 0.6 is 23.2 Å². The fourth-order valence-corrected chi connectivity index (χ4v) is 9.66. The van der Waals surface area contributed by atoms with Crippen molar-refractivity contribution in [2.45, 2.75) is 81.5 Å². The number of aromatic nitrogens is 1. The minimum absolute atomic E-state index is 0.0406. The van der Waals surface area contributed by atoms with Gasteiger partial charge in [0.05, 0.1) is 6.04 Å². The van der Waals surface area contributed by atoms with Gasteiger partial charge in [-0.2, -0.15) is 0 Å². The standard InChI is InChI=1S/C39H39Cl2N3O3/c1-25-33(28-16-21-42-32(41)22-28)39(30-15-14-29(40)23-31(30)43-36(39)46)38(19-17-37(2,3)18-20-38)44(25)34(26-10-6-4-7-11-26)35(47-24-45)27-12-8-5-9-13-27/h4-16,21-25,33-35H,17-20H2,1-3H3,(H,43,46)/t25-,33+,34+,35-,39-/m0/s1. The van der Waals surface area contributed by atoms with Gasteiger partial charge in [0.1, 0.15) is 16.7 Å². The zero-order chi connectivity index (χ0) is 33.0. The minimum atomic E-state index is -1.01. The summed E-state index contributed by atoms with van der Waals surface area (Å²) >= 11 is 13.2. The van der Waals surface area contributed by atoms with E-state index in [1.807, 2.05) is 78.9 Å². The molecule has 7 rings (SSSR count). The molecular formula is C39H39Cl2N3O3. The molecule has 1 aromatic heterocycles. The number of carbonyl (C=O) groups excluding carboxylic acids is 2. The molecule has 4 aromatic rings. The summed E-state index contributed by atoms with van der Waals surface area (Å²) in [6, 6.07) is 29.3. The fourth-order valence-electron chi connectivity index (χ4n) is 9.30. The quantitative estimate of drug-likeness (QED) is 0.157. The number of nitrogens with one attached hydrogen (secondary N) is 1. The highest BCUT2D eigenvalue weighted by Crippen LogP contribution is 2.69. The molecule has 6 nitrogen and oxygen atoms in total. The number of likely N-dealkylation sites (tertiary alicyclic amines) is 1. The van der Waals surface area contributed by atoms with Gasteiger partial charge in [-0.15, -0.1) is 0 Å². The van der Waals surface area contributed by atoms with Crippen molar-refractivity contribution in [1.29, 1.82) is 0 Å². The van der Waals surface area contributed by atoms with Crippen LogP contribution in [0.3, 0.4) is 0 Å². The second kappa shape index (κ2) is 12.1. The second-order valence-corrected chi connectivity index (χ2v) is 14.9. The van der Waals surface area contributed by atoms with Crippen LogP contribution in [0.4, 0.5) is 5.69 Å². The van der Waals surface area contributed by atoms with Crippen LogP contribution in [0.15, 0.2) is 97.2 Å². The van der Waals surface area contributed by atoms with E-state index in [1.165, 1.54) is 0 Å². The lowest BCUT2D eigenvalue weighted by molar-refractivity contribution is -0.144. The summed E-state index contributed by atoms with van der Waals surface area (Å²) in [6.45, 7) is 7.40. The molecule has 47 heavy (non-hydrogen) atoms. The van der Waals surface area contributed by atoms with Crippen LogP contribution in [0.25, 0.3) is 0 Å². The molecule has 5 atom stereocenters. The molecule has 0 bridgehead atoms. The number of amides is 1. The lowest BCUT2D eigenvalue weighted by Crippen LogP contribution is -2.63. The maximum atomic E-state index is 15.2. The predicted octanol–water partition coefficient (Wildman–Crippen LogP) is 9.06. The molecule has 3 aromatic carbocycles. The van der Waals surface area contributed by atoms with E-state index in [0.717, 1.165) is 53.6 Å². The summed E-state index contributed by atoms with van der Waals surface area (Å²) in [5, 5.41) is 4.24. The van der Waals surface area contributed by atoms with Crippen LogP contribution in [0.1, 0.15) is 86.8 Å².